The van der Waals surface area contributed by atoms with E-state index in [2.05, 4.69) is 31.9 Å². The molecule has 0 saturated heterocycles. The standard InChI is InChI=1S/C16H14Br2ClNO/c1-10(14-5-3-4-6-15(14)19)20(2)16(21)11-7-12(17)9-13(18)8-11/h3-10H,1-2H3. The lowest BCUT2D eigenvalue weighted by Gasteiger charge is -2.26. The van der Waals surface area contributed by atoms with Gasteiger partial charge in [-0.2, -0.15) is 0 Å². The van der Waals surface area contributed by atoms with E-state index in [4.69, 9.17) is 11.6 Å². The van der Waals surface area contributed by atoms with Crippen molar-refractivity contribution in [2.45, 2.75) is 13.0 Å². The second-order valence-corrected chi connectivity index (χ2v) is 7.01. The topological polar surface area (TPSA) is 20.3 Å². The summed E-state index contributed by atoms with van der Waals surface area (Å²) in [6.45, 7) is 1.96. The maximum Gasteiger partial charge on any atom is 0.254 e. The van der Waals surface area contributed by atoms with Crippen LogP contribution >= 0.6 is 43.5 Å². The van der Waals surface area contributed by atoms with Gasteiger partial charge in [0.1, 0.15) is 0 Å². The van der Waals surface area contributed by atoms with Gasteiger partial charge in [-0.3, -0.25) is 4.79 Å². The smallest absolute Gasteiger partial charge is 0.254 e. The average molecular weight is 432 g/mol. The molecule has 0 aliphatic heterocycles. The maximum atomic E-state index is 12.6. The summed E-state index contributed by atoms with van der Waals surface area (Å²) in [4.78, 5) is 14.3. The van der Waals surface area contributed by atoms with Gasteiger partial charge in [-0.25, -0.2) is 0 Å². The van der Waals surface area contributed by atoms with Gasteiger partial charge < -0.3 is 4.90 Å². The van der Waals surface area contributed by atoms with Crippen LogP contribution in [-0.4, -0.2) is 17.9 Å². The lowest BCUT2D eigenvalue weighted by molar-refractivity contribution is 0.0742. The first-order valence-corrected chi connectivity index (χ1v) is 8.34. The van der Waals surface area contributed by atoms with Crippen molar-refractivity contribution in [3.63, 3.8) is 0 Å². The van der Waals surface area contributed by atoms with E-state index in [9.17, 15) is 4.79 Å². The summed E-state index contributed by atoms with van der Waals surface area (Å²) >= 11 is 13.0. The van der Waals surface area contributed by atoms with E-state index in [0.29, 0.717) is 10.6 Å². The van der Waals surface area contributed by atoms with E-state index in [1.165, 1.54) is 0 Å². The first-order valence-electron chi connectivity index (χ1n) is 6.38. The molecule has 1 amide bonds. The van der Waals surface area contributed by atoms with Gasteiger partial charge in [0.25, 0.3) is 5.91 Å². The molecule has 0 saturated carbocycles. The summed E-state index contributed by atoms with van der Waals surface area (Å²) in [6, 6.07) is 13.0. The molecule has 21 heavy (non-hydrogen) atoms. The molecule has 0 fully saturated rings. The number of halogens is 3. The molecule has 0 bridgehead atoms. The minimum absolute atomic E-state index is 0.0515. The van der Waals surface area contributed by atoms with Crippen LogP contribution in [0.15, 0.2) is 51.4 Å². The Kier molecular flexibility index (Phi) is 5.47. The van der Waals surface area contributed by atoms with Crippen LogP contribution in [0.5, 0.6) is 0 Å². The highest BCUT2D eigenvalue weighted by Gasteiger charge is 2.21. The predicted molar refractivity (Wildman–Crippen MR) is 93.8 cm³/mol. The SMILES string of the molecule is CC(c1ccccc1Cl)N(C)C(=O)c1cc(Br)cc(Br)c1. The minimum Gasteiger partial charge on any atom is -0.335 e. The number of hydrogen-bond acceptors (Lipinski definition) is 1. The molecule has 110 valence electrons. The van der Waals surface area contributed by atoms with Crippen LogP contribution in [0.2, 0.25) is 5.02 Å². The summed E-state index contributed by atoms with van der Waals surface area (Å²) in [7, 11) is 1.78. The minimum atomic E-state index is -0.107. The molecule has 5 heteroatoms. The van der Waals surface area contributed by atoms with Crippen LogP contribution in [0, 0.1) is 0 Å². The van der Waals surface area contributed by atoms with Gasteiger partial charge in [0.15, 0.2) is 0 Å². The summed E-state index contributed by atoms with van der Waals surface area (Å²) < 4.78 is 1.72. The number of hydrogen-bond donors (Lipinski definition) is 0. The monoisotopic (exact) mass is 429 g/mol. The van der Waals surface area contributed by atoms with Crippen molar-refractivity contribution in [2.75, 3.05) is 7.05 Å². The van der Waals surface area contributed by atoms with Crippen molar-refractivity contribution in [3.05, 3.63) is 67.6 Å². The van der Waals surface area contributed by atoms with Crippen molar-refractivity contribution in [1.82, 2.24) is 4.90 Å². The molecule has 0 N–H and O–H groups in total. The van der Waals surface area contributed by atoms with Gasteiger partial charge in [-0.15, -0.1) is 0 Å². The summed E-state index contributed by atoms with van der Waals surface area (Å²) in [5.74, 6) is -0.0515. The van der Waals surface area contributed by atoms with Gasteiger partial charge in [0.2, 0.25) is 0 Å². The number of carbonyl (C=O) groups is 1. The third kappa shape index (κ3) is 3.87. The van der Waals surface area contributed by atoms with Crippen LogP contribution < -0.4 is 0 Å². The Labute approximate surface area is 146 Å². The Morgan fingerprint density at radius 1 is 1.14 bits per heavy atom. The molecule has 0 aliphatic rings. The van der Waals surface area contributed by atoms with Crippen molar-refractivity contribution in [1.29, 1.82) is 0 Å². The number of rotatable bonds is 3. The number of nitrogens with zero attached hydrogens (tertiary/aromatic N) is 1. The molecule has 0 aromatic heterocycles. The summed E-state index contributed by atoms with van der Waals surface area (Å²) in [5.41, 5.74) is 1.56. The number of benzene rings is 2. The fourth-order valence-electron chi connectivity index (χ4n) is 2.08. The zero-order valence-corrected chi connectivity index (χ0v) is 15.5. The Balaban J connectivity index is 2.28. The predicted octanol–water partition coefficient (Wildman–Crippen LogP) is 5.70. The highest BCUT2D eigenvalue weighted by atomic mass is 79.9. The zero-order valence-electron chi connectivity index (χ0n) is 11.6. The molecule has 0 aliphatic carbocycles. The van der Waals surface area contributed by atoms with E-state index in [0.717, 1.165) is 14.5 Å². The van der Waals surface area contributed by atoms with Crippen LogP contribution in [0.1, 0.15) is 28.9 Å². The molecule has 2 aromatic rings. The Morgan fingerprint density at radius 3 is 2.29 bits per heavy atom. The van der Waals surface area contributed by atoms with Gasteiger partial charge in [0, 0.05) is 26.6 Å². The average Bonchev–Trinajstić information content (AvgIpc) is 2.44. The van der Waals surface area contributed by atoms with Crippen LogP contribution in [-0.2, 0) is 0 Å². The van der Waals surface area contributed by atoms with E-state index < -0.39 is 0 Å². The molecule has 1 atom stereocenters. The normalized spacial score (nSPS) is 12.0. The quantitative estimate of drug-likeness (QED) is 0.611. The molecule has 2 nitrogen and oxygen atoms in total. The van der Waals surface area contributed by atoms with Gasteiger partial charge in [-0.1, -0.05) is 61.7 Å². The van der Waals surface area contributed by atoms with E-state index in [1.807, 2.05) is 49.4 Å². The zero-order chi connectivity index (χ0) is 15.6. The highest BCUT2D eigenvalue weighted by Crippen LogP contribution is 2.28. The first-order chi connectivity index (χ1) is 9.90. The summed E-state index contributed by atoms with van der Waals surface area (Å²) in [6.07, 6.45) is 0. The fraction of sp³-hybridized carbons (Fsp3) is 0.188. The maximum absolute atomic E-state index is 12.6. The number of amides is 1. The first kappa shape index (κ1) is 16.5. The van der Waals surface area contributed by atoms with Crippen LogP contribution in [0.3, 0.4) is 0 Å². The van der Waals surface area contributed by atoms with Crippen LogP contribution in [0.4, 0.5) is 0 Å². The van der Waals surface area contributed by atoms with Gasteiger partial charge >= 0.3 is 0 Å². The second-order valence-electron chi connectivity index (χ2n) is 4.77. The third-order valence-corrected chi connectivity index (χ3v) is 4.63. The summed E-state index contributed by atoms with van der Waals surface area (Å²) in [5, 5.41) is 0.667. The second kappa shape index (κ2) is 6.95. The molecule has 0 spiro atoms. The van der Waals surface area contributed by atoms with E-state index in [1.54, 1.807) is 11.9 Å². The van der Waals surface area contributed by atoms with E-state index >= 15 is 0 Å². The van der Waals surface area contributed by atoms with Crippen molar-refractivity contribution < 1.29 is 4.79 Å². The Morgan fingerprint density at radius 2 is 1.71 bits per heavy atom. The fourth-order valence-corrected chi connectivity index (χ4v) is 3.67. The molecule has 0 radical (unpaired) electrons. The third-order valence-electron chi connectivity index (χ3n) is 3.37. The van der Waals surface area contributed by atoms with Crippen molar-refractivity contribution in [3.8, 4) is 0 Å². The molecule has 0 heterocycles. The molecule has 2 aromatic carbocycles. The van der Waals surface area contributed by atoms with Gasteiger partial charge in [-0.05, 0) is 36.8 Å². The Bertz CT molecular complexity index is 655. The van der Waals surface area contributed by atoms with Crippen molar-refractivity contribution in [2.24, 2.45) is 0 Å². The molecular formula is C16H14Br2ClNO. The van der Waals surface area contributed by atoms with E-state index in [-0.39, 0.29) is 11.9 Å². The largest absolute Gasteiger partial charge is 0.335 e. The molecular weight excluding hydrogens is 417 g/mol. The number of carbonyl (C=O) groups excluding carboxylic acids is 1. The lowest BCUT2D eigenvalue weighted by atomic mass is 10.1. The highest BCUT2D eigenvalue weighted by molar-refractivity contribution is 9.11. The van der Waals surface area contributed by atoms with Crippen LogP contribution in [0.25, 0.3) is 0 Å². The Hall–Kier alpha value is -0.840. The molecule has 1 unspecified atom stereocenters. The van der Waals surface area contributed by atoms with Gasteiger partial charge in [0.05, 0.1) is 6.04 Å². The lowest BCUT2D eigenvalue weighted by Crippen LogP contribution is -2.29. The molecule has 2 rings (SSSR count). The van der Waals surface area contributed by atoms with Crippen molar-refractivity contribution >= 4 is 49.4 Å².